The number of piperazine rings is 1. The largest absolute Gasteiger partial charge is 0.356 e. The predicted molar refractivity (Wildman–Crippen MR) is 136 cm³/mol. The second-order valence-corrected chi connectivity index (χ2v) is 9.04. The summed E-state index contributed by atoms with van der Waals surface area (Å²) >= 11 is 0. The van der Waals surface area contributed by atoms with Gasteiger partial charge in [0.25, 0.3) is 0 Å². The van der Waals surface area contributed by atoms with Gasteiger partial charge < -0.3 is 15.5 Å². The molecular weight excluding hydrogens is 489 g/mol. The number of guanidine groups is 1. The van der Waals surface area contributed by atoms with E-state index in [-0.39, 0.29) is 24.0 Å². The highest BCUT2D eigenvalue weighted by Gasteiger charge is 2.37. The molecule has 2 N–H and O–H groups in total. The molecule has 0 atom stereocenters. The minimum atomic E-state index is 0. The van der Waals surface area contributed by atoms with E-state index in [2.05, 4.69) is 49.2 Å². The average Bonchev–Trinajstić information content (AvgIpc) is 2.72. The van der Waals surface area contributed by atoms with Crippen LogP contribution in [0.1, 0.15) is 46.0 Å². The van der Waals surface area contributed by atoms with E-state index < -0.39 is 0 Å². The molecule has 1 aromatic rings. The van der Waals surface area contributed by atoms with E-state index in [9.17, 15) is 0 Å². The SMILES string of the molecule is CN=C(NCCCN1CCN(c2ncccn2)CC1)NCC1(CC(C)C)CCC1.I. The smallest absolute Gasteiger partial charge is 0.225 e. The molecule has 2 aliphatic rings. The van der Waals surface area contributed by atoms with Crippen molar-refractivity contribution in [3.8, 4) is 0 Å². The van der Waals surface area contributed by atoms with Crippen LogP contribution < -0.4 is 15.5 Å². The Labute approximate surface area is 199 Å². The number of nitrogens with one attached hydrogen (secondary N) is 2. The van der Waals surface area contributed by atoms with Crippen LogP contribution >= 0.6 is 24.0 Å². The van der Waals surface area contributed by atoms with Gasteiger partial charge in [0.2, 0.25) is 5.95 Å². The van der Waals surface area contributed by atoms with Gasteiger partial charge in [0, 0.05) is 58.7 Å². The van der Waals surface area contributed by atoms with Gasteiger partial charge in [-0.05, 0) is 49.6 Å². The minimum Gasteiger partial charge on any atom is -0.356 e. The van der Waals surface area contributed by atoms with Gasteiger partial charge in [-0.1, -0.05) is 20.3 Å². The highest BCUT2D eigenvalue weighted by molar-refractivity contribution is 14.0. The van der Waals surface area contributed by atoms with E-state index in [0.29, 0.717) is 5.41 Å². The third kappa shape index (κ3) is 7.51. The molecule has 170 valence electrons. The number of nitrogens with zero attached hydrogens (tertiary/aromatic N) is 5. The summed E-state index contributed by atoms with van der Waals surface area (Å²) in [6.45, 7) is 11.9. The van der Waals surface area contributed by atoms with Crippen LogP contribution in [0.15, 0.2) is 23.5 Å². The van der Waals surface area contributed by atoms with E-state index in [1.165, 1.54) is 25.7 Å². The number of hydrogen-bond acceptors (Lipinski definition) is 5. The second-order valence-electron chi connectivity index (χ2n) is 9.04. The van der Waals surface area contributed by atoms with Crippen LogP contribution in [-0.2, 0) is 0 Å². The van der Waals surface area contributed by atoms with Crippen molar-refractivity contribution in [2.24, 2.45) is 16.3 Å². The van der Waals surface area contributed by atoms with Gasteiger partial charge in [-0.25, -0.2) is 9.97 Å². The zero-order chi connectivity index (χ0) is 20.5. The van der Waals surface area contributed by atoms with Crippen LogP contribution in [0.5, 0.6) is 0 Å². The standard InChI is InChI=1S/C22H39N7.HI/c1-19(2)17-22(7-4-8-22)18-27-20(23-3)24-11-6-12-28-13-15-29(16-14-28)21-25-9-5-10-26-21;/h5,9-10,19H,4,6-8,11-18H2,1-3H3,(H2,23,24,27);1H. The number of aliphatic imine (C=N–C) groups is 1. The third-order valence-electron chi connectivity index (χ3n) is 6.26. The molecule has 3 rings (SSSR count). The Morgan fingerprint density at radius 3 is 2.40 bits per heavy atom. The molecule has 0 unspecified atom stereocenters. The van der Waals surface area contributed by atoms with Crippen LogP contribution in [0.25, 0.3) is 0 Å². The van der Waals surface area contributed by atoms with Crippen molar-refractivity contribution < 1.29 is 0 Å². The van der Waals surface area contributed by atoms with Crippen LogP contribution in [0, 0.1) is 11.3 Å². The fraction of sp³-hybridized carbons (Fsp3) is 0.773. The van der Waals surface area contributed by atoms with Crippen LogP contribution in [0.4, 0.5) is 5.95 Å². The zero-order valence-corrected chi connectivity index (χ0v) is 21.3. The Morgan fingerprint density at radius 2 is 1.83 bits per heavy atom. The number of rotatable bonds is 9. The maximum Gasteiger partial charge on any atom is 0.225 e. The van der Waals surface area contributed by atoms with Gasteiger partial charge in [0.1, 0.15) is 0 Å². The lowest BCUT2D eigenvalue weighted by Gasteiger charge is -2.43. The molecule has 2 heterocycles. The van der Waals surface area contributed by atoms with Gasteiger partial charge in [-0.2, -0.15) is 0 Å². The van der Waals surface area contributed by atoms with Gasteiger partial charge in [0.15, 0.2) is 5.96 Å². The van der Waals surface area contributed by atoms with Crippen molar-refractivity contribution in [1.29, 1.82) is 0 Å². The number of aromatic nitrogens is 2. The summed E-state index contributed by atoms with van der Waals surface area (Å²) in [7, 11) is 1.87. The van der Waals surface area contributed by atoms with Crippen LogP contribution in [-0.4, -0.2) is 73.7 Å². The summed E-state index contributed by atoms with van der Waals surface area (Å²) in [5, 5.41) is 7.08. The highest BCUT2D eigenvalue weighted by Crippen LogP contribution is 2.45. The number of hydrogen-bond donors (Lipinski definition) is 2. The molecule has 0 aromatic carbocycles. The van der Waals surface area contributed by atoms with Gasteiger partial charge in [-0.3, -0.25) is 9.89 Å². The summed E-state index contributed by atoms with van der Waals surface area (Å²) in [5.74, 6) is 2.57. The molecule has 1 aliphatic carbocycles. The molecule has 7 nitrogen and oxygen atoms in total. The van der Waals surface area contributed by atoms with Gasteiger partial charge in [-0.15, -0.1) is 24.0 Å². The normalized spacial score (nSPS) is 19.2. The van der Waals surface area contributed by atoms with Gasteiger partial charge in [0.05, 0.1) is 0 Å². The highest BCUT2D eigenvalue weighted by atomic mass is 127. The van der Waals surface area contributed by atoms with E-state index in [0.717, 1.165) is 70.1 Å². The molecule has 8 heteroatoms. The lowest BCUT2D eigenvalue weighted by Crippen LogP contribution is -2.48. The molecular formula is C22H40IN7. The Morgan fingerprint density at radius 1 is 1.13 bits per heavy atom. The summed E-state index contributed by atoms with van der Waals surface area (Å²) in [4.78, 5) is 17.9. The lowest BCUT2D eigenvalue weighted by atomic mass is 9.64. The molecule has 0 radical (unpaired) electrons. The molecule has 1 saturated heterocycles. The van der Waals surface area contributed by atoms with E-state index in [1.54, 1.807) is 0 Å². The fourth-order valence-corrected chi connectivity index (χ4v) is 4.62. The summed E-state index contributed by atoms with van der Waals surface area (Å²) in [5.41, 5.74) is 0.494. The summed E-state index contributed by atoms with van der Waals surface area (Å²) < 4.78 is 0. The van der Waals surface area contributed by atoms with Crippen molar-refractivity contribution in [2.75, 3.05) is 57.8 Å². The summed E-state index contributed by atoms with van der Waals surface area (Å²) in [6.07, 6.45) is 10.2. The van der Waals surface area contributed by atoms with Crippen molar-refractivity contribution in [3.63, 3.8) is 0 Å². The predicted octanol–water partition coefficient (Wildman–Crippen LogP) is 2.99. The topological polar surface area (TPSA) is 68.7 Å². The molecule has 2 fully saturated rings. The average molecular weight is 530 g/mol. The second kappa shape index (κ2) is 12.6. The quantitative estimate of drug-likeness (QED) is 0.222. The van der Waals surface area contributed by atoms with E-state index >= 15 is 0 Å². The number of anilines is 1. The monoisotopic (exact) mass is 529 g/mol. The molecule has 30 heavy (non-hydrogen) atoms. The summed E-state index contributed by atoms with van der Waals surface area (Å²) in [6, 6.07) is 1.87. The first-order valence-electron chi connectivity index (χ1n) is 11.3. The molecule has 1 saturated carbocycles. The fourth-order valence-electron chi connectivity index (χ4n) is 4.62. The third-order valence-corrected chi connectivity index (χ3v) is 6.26. The van der Waals surface area contributed by atoms with Gasteiger partial charge >= 0.3 is 0 Å². The molecule has 0 spiro atoms. The van der Waals surface area contributed by atoms with Crippen LogP contribution in [0.2, 0.25) is 0 Å². The minimum absolute atomic E-state index is 0. The Balaban J connectivity index is 0.00000320. The van der Waals surface area contributed by atoms with Crippen molar-refractivity contribution in [3.05, 3.63) is 18.5 Å². The van der Waals surface area contributed by atoms with Crippen molar-refractivity contribution in [1.82, 2.24) is 25.5 Å². The molecule has 0 bridgehead atoms. The van der Waals surface area contributed by atoms with Crippen molar-refractivity contribution >= 4 is 35.9 Å². The first kappa shape index (κ1) is 25.1. The Bertz CT molecular complexity index is 626. The molecule has 1 aromatic heterocycles. The maximum atomic E-state index is 4.42. The van der Waals surface area contributed by atoms with E-state index in [4.69, 9.17) is 0 Å². The number of halogens is 1. The zero-order valence-electron chi connectivity index (χ0n) is 18.9. The Kier molecular flexibility index (Phi) is 10.6. The van der Waals surface area contributed by atoms with Crippen molar-refractivity contribution in [2.45, 2.75) is 46.0 Å². The first-order valence-corrected chi connectivity index (χ1v) is 11.3. The lowest BCUT2D eigenvalue weighted by molar-refractivity contribution is 0.104. The van der Waals surface area contributed by atoms with E-state index in [1.807, 2.05) is 25.5 Å². The first-order chi connectivity index (χ1) is 14.1. The molecule has 0 amide bonds. The molecule has 1 aliphatic heterocycles. The van der Waals surface area contributed by atoms with Crippen LogP contribution in [0.3, 0.4) is 0 Å². The maximum absolute atomic E-state index is 4.42. The Hall–Kier alpha value is -1.16.